The Morgan fingerprint density at radius 1 is 0.882 bits per heavy atom. The van der Waals surface area contributed by atoms with Gasteiger partial charge in [0.05, 0.1) is 0 Å². The van der Waals surface area contributed by atoms with Crippen LogP contribution in [0.25, 0.3) is 0 Å². The molecule has 0 radical (unpaired) electrons. The van der Waals surface area contributed by atoms with E-state index in [-0.39, 0.29) is 24.8 Å². The minimum atomic E-state index is -0.652. The molecular formula is C14H18Cl2Hf. The smallest absolute Gasteiger partial charge is 1.00 e. The van der Waals surface area contributed by atoms with Crippen LogP contribution in [-0.4, -0.2) is 0 Å². The summed E-state index contributed by atoms with van der Waals surface area (Å²) in [6, 6.07) is 0. The molecule has 0 amide bonds. The number of allylic oxidation sites excluding steroid dienone is 8. The Morgan fingerprint density at radius 3 is 1.65 bits per heavy atom. The predicted octanol–water partition coefficient (Wildman–Crippen LogP) is -1.68. The van der Waals surface area contributed by atoms with E-state index >= 15 is 0 Å². The molecule has 0 N–H and O–H groups in total. The molecule has 0 fully saturated rings. The first kappa shape index (κ1) is 17.4. The summed E-state index contributed by atoms with van der Waals surface area (Å²) in [5.74, 6) is 0. The van der Waals surface area contributed by atoms with Crippen molar-refractivity contribution in [2.24, 2.45) is 0 Å². The van der Waals surface area contributed by atoms with Gasteiger partial charge in [-0.15, -0.1) is 0 Å². The summed E-state index contributed by atoms with van der Waals surface area (Å²) >= 11 is -0.652. The van der Waals surface area contributed by atoms with Crippen LogP contribution in [0.15, 0.2) is 42.1 Å². The Morgan fingerprint density at radius 2 is 1.29 bits per heavy atom. The van der Waals surface area contributed by atoms with E-state index in [1.54, 1.807) is 11.1 Å². The van der Waals surface area contributed by atoms with E-state index in [0.29, 0.717) is 0 Å². The van der Waals surface area contributed by atoms with E-state index in [1.165, 1.54) is 25.7 Å². The fourth-order valence-electron chi connectivity index (χ4n) is 2.21. The summed E-state index contributed by atoms with van der Waals surface area (Å²) in [6.07, 6.45) is 14.4. The second-order valence-corrected chi connectivity index (χ2v) is 9.29. The quantitative estimate of drug-likeness (QED) is 0.463. The third kappa shape index (κ3) is 4.22. The van der Waals surface area contributed by atoms with Crippen molar-refractivity contribution >= 4 is 0 Å². The summed E-state index contributed by atoms with van der Waals surface area (Å²) < 4.78 is 3.70. The van der Waals surface area contributed by atoms with E-state index in [9.17, 15) is 0 Å². The molecule has 2 rings (SSSR count). The van der Waals surface area contributed by atoms with Gasteiger partial charge >= 0.3 is 105 Å². The molecule has 0 aromatic heterocycles. The van der Waals surface area contributed by atoms with Crippen molar-refractivity contribution in [2.45, 2.75) is 39.5 Å². The third-order valence-corrected chi connectivity index (χ3v) is 9.06. The molecule has 0 nitrogen and oxygen atoms in total. The van der Waals surface area contributed by atoms with Gasteiger partial charge in [0, 0.05) is 0 Å². The Hall–Kier alpha value is 0.410. The topological polar surface area (TPSA) is 0 Å². The fraction of sp³-hybridized carbons (Fsp3) is 0.429. The third-order valence-electron chi connectivity index (χ3n) is 3.12. The van der Waals surface area contributed by atoms with Gasteiger partial charge in [0.1, 0.15) is 0 Å². The first-order valence-electron chi connectivity index (χ1n) is 5.89. The number of hydrogen-bond acceptors (Lipinski definition) is 0. The van der Waals surface area contributed by atoms with Crippen molar-refractivity contribution < 1.29 is 47.7 Å². The predicted molar refractivity (Wildman–Crippen MR) is 62.1 cm³/mol. The van der Waals surface area contributed by atoms with Crippen LogP contribution in [0.1, 0.15) is 39.5 Å². The van der Waals surface area contributed by atoms with Gasteiger partial charge < -0.3 is 24.8 Å². The van der Waals surface area contributed by atoms with Crippen LogP contribution in [0.3, 0.4) is 0 Å². The van der Waals surface area contributed by atoms with Gasteiger partial charge in [-0.05, 0) is 0 Å². The SMILES string of the molecule is CCC1=[C]([Hf+2][C]2=C(CC)C=CC2)CC=C1.[Cl-].[Cl-]. The first-order valence-corrected chi connectivity index (χ1v) is 9.48. The molecule has 2 aliphatic rings. The standard InChI is InChI=1S/2C7H9.2ClH.Hf/c2*1-2-7-5-3-4-6-7;;;/h2*3,5H,2,4H2,1H3;2*1H;/q;;;;+2/p-2. The summed E-state index contributed by atoms with van der Waals surface area (Å²) in [4.78, 5) is 0. The zero-order chi connectivity index (χ0) is 10.7. The minimum Gasteiger partial charge on any atom is -1.00 e. The van der Waals surface area contributed by atoms with Crippen LogP contribution >= 0.6 is 0 Å². The van der Waals surface area contributed by atoms with Crippen LogP contribution in [0, 0.1) is 0 Å². The number of halogens is 2. The number of hydrogen-bond donors (Lipinski definition) is 0. The van der Waals surface area contributed by atoms with Gasteiger partial charge in [-0.2, -0.15) is 0 Å². The van der Waals surface area contributed by atoms with E-state index < -0.39 is 22.9 Å². The van der Waals surface area contributed by atoms with Gasteiger partial charge in [-0.25, -0.2) is 0 Å². The fourth-order valence-corrected chi connectivity index (χ4v) is 8.12. The van der Waals surface area contributed by atoms with Crippen LogP contribution in [-0.2, 0) is 22.9 Å². The molecule has 0 atom stereocenters. The van der Waals surface area contributed by atoms with Gasteiger partial charge in [-0.1, -0.05) is 0 Å². The molecule has 92 valence electrons. The maximum absolute atomic E-state index is 2.36. The molecule has 3 heteroatoms. The molecule has 0 aromatic carbocycles. The van der Waals surface area contributed by atoms with Crippen LogP contribution < -0.4 is 24.8 Å². The molecule has 17 heavy (non-hydrogen) atoms. The van der Waals surface area contributed by atoms with Crippen molar-refractivity contribution in [3.63, 3.8) is 0 Å². The van der Waals surface area contributed by atoms with E-state index in [1.807, 2.05) is 6.66 Å². The van der Waals surface area contributed by atoms with E-state index in [4.69, 9.17) is 0 Å². The van der Waals surface area contributed by atoms with Gasteiger partial charge in [0.15, 0.2) is 0 Å². The zero-order valence-electron chi connectivity index (χ0n) is 10.4. The molecule has 0 aromatic rings. The van der Waals surface area contributed by atoms with Crippen molar-refractivity contribution in [3.05, 3.63) is 42.1 Å². The van der Waals surface area contributed by atoms with Crippen molar-refractivity contribution in [2.75, 3.05) is 0 Å². The van der Waals surface area contributed by atoms with Crippen LogP contribution in [0.5, 0.6) is 0 Å². The van der Waals surface area contributed by atoms with Crippen LogP contribution in [0.4, 0.5) is 0 Å². The van der Waals surface area contributed by atoms with Gasteiger partial charge in [0.25, 0.3) is 0 Å². The zero-order valence-corrected chi connectivity index (χ0v) is 15.5. The normalized spacial score (nSPS) is 17.1. The first-order chi connectivity index (χ1) is 7.35. The maximum atomic E-state index is 2.36. The minimum absolute atomic E-state index is 0. The molecule has 2 aliphatic carbocycles. The summed E-state index contributed by atoms with van der Waals surface area (Å²) in [6.45, 7) is 4.58. The molecular weight excluding hydrogens is 418 g/mol. The largest absolute Gasteiger partial charge is 1.00 e. The van der Waals surface area contributed by atoms with Gasteiger partial charge in [-0.3, -0.25) is 0 Å². The summed E-state index contributed by atoms with van der Waals surface area (Å²) in [5.41, 5.74) is 3.32. The molecule has 0 saturated heterocycles. The van der Waals surface area contributed by atoms with Crippen molar-refractivity contribution in [1.82, 2.24) is 0 Å². The average molecular weight is 436 g/mol. The summed E-state index contributed by atoms with van der Waals surface area (Å²) in [5, 5.41) is 0. The van der Waals surface area contributed by atoms with Gasteiger partial charge in [0.2, 0.25) is 0 Å². The molecule has 0 bridgehead atoms. The number of rotatable bonds is 4. The van der Waals surface area contributed by atoms with E-state index in [2.05, 4.69) is 38.2 Å². The Labute approximate surface area is 129 Å². The Bertz CT molecular complexity index is 340. The molecule has 0 saturated carbocycles. The van der Waals surface area contributed by atoms with Crippen LogP contribution in [0.2, 0.25) is 0 Å². The Kier molecular flexibility index (Phi) is 8.71. The second-order valence-electron chi connectivity index (χ2n) is 4.05. The monoisotopic (exact) mass is 436 g/mol. The molecule has 0 unspecified atom stereocenters. The Balaban J connectivity index is 0.00000128. The summed E-state index contributed by atoms with van der Waals surface area (Å²) in [7, 11) is 0. The van der Waals surface area contributed by atoms with Crippen molar-refractivity contribution in [3.8, 4) is 0 Å². The van der Waals surface area contributed by atoms with Crippen molar-refractivity contribution in [1.29, 1.82) is 0 Å². The second kappa shape index (κ2) is 8.50. The average Bonchev–Trinajstić information content (AvgIpc) is 2.87. The van der Waals surface area contributed by atoms with E-state index in [0.717, 1.165) is 0 Å². The molecule has 0 heterocycles. The maximum Gasteiger partial charge on any atom is -1.00 e. The molecule has 0 aliphatic heterocycles. The molecule has 0 spiro atoms.